The van der Waals surface area contributed by atoms with Gasteiger partial charge in [-0.25, -0.2) is 0 Å². The summed E-state index contributed by atoms with van der Waals surface area (Å²) in [5.74, 6) is 1.93. The van der Waals surface area contributed by atoms with Gasteiger partial charge in [-0.15, -0.1) is 11.6 Å². The summed E-state index contributed by atoms with van der Waals surface area (Å²) in [4.78, 5) is 14.7. The van der Waals surface area contributed by atoms with E-state index in [9.17, 15) is 4.79 Å². The van der Waals surface area contributed by atoms with Crippen molar-refractivity contribution in [2.24, 2.45) is 0 Å². The van der Waals surface area contributed by atoms with E-state index < -0.39 is 0 Å². The number of hydrogen-bond acceptors (Lipinski definition) is 3. The van der Waals surface area contributed by atoms with E-state index in [0.29, 0.717) is 29.0 Å². The van der Waals surface area contributed by atoms with Crippen LogP contribution in [0.4, 0.5) is 0 Å². The van der Waals surface area contributed by atoms with Crippen LogP contribution in [0.25, 0.3) is 0 Å². The number of methoxy groups -OCH3 is 2. The minimum atomic E-state index is 0.0630. The molecule has 1 atom stereocenters. The van der Waals surface area contributed by atoms with Gasteiger partial charge in [-0.2, -0.15) is 0 Å². The molecule has 1 aliphatic heterocycles. The lowest BCUT2D eigenvalue weighted by molar-refractivity contribution is 0.0729. The minimum absolute atomic E-state index is 0.0630. The van der Waals surface area contributed by atoms with Crippen LogP contribution in [0.1, 0.15) is 36.0 Å². The minimum Gasteiger partial charge on any atom is -0.493 e. The Hall–Kier alpha value is -1.42. The molecular weight excluding hydrogens is 290 g/mol. The summed E-state index contributed by atoms with van der Waals surface area (Å²) in [5.41, 5.74) is 0.644. The number of hydrogen-bond donors (Lipinski definition) is 0. The van der Waals surface area contributed by atoms with Crippen LogP contribution < -0.4 is 9.47 Å². The van der Waals surface area contributed by atoms with Gasteiger partial charge in [0.25, 0.3) is 5.91 Å². The largest absolute Gasteiger partial charge is 0.493 e. The molecule has 1 unspecified atom stereocenters. The van der Waals surface area contributed by atoms with Gasteiger partial charge < -0.3 is 14.4 Å². The molecule has 4 nitrogen and oxygen atoms in total. The molecule has 0 radical (unpaired) electrons. The second-order valence-electron chi connectivity index (χ2n) is 5.20. The maximum atomic E-state index is 12.7. The van der Waals surface area contributed by atoms with Gasteiger partial charge in [-0.3, -0.25) is 4.79 Å². The Morgan fingerprint density at radius 1 is 1.33 bits per heavy atom. The van der Waals surface area contributed by atoms with Crippen molar-refractivity contribution < 1.29 is 14.3 Å². The summed E-state index contributed by atoms with van der Waals surface area (Å²) >= 11 is 5.76. The molecule has 5 heteroatoms. The van der Waals surface area contributed by atoms with E-state index in [1.807, 2.05) is 4.90 Å². The Balaban J connectivity index is 2.15. The Kier molecular flexibility index (Phi) is 5.74. The van der Waals surface area contributed by atoms with Crippen LogP contribution >= 0.6 is 11.6 Å². The van der Waals surface area contributed by atoms with Crippen molar-refractivity contribution in [1.82, 2.24) is 4.90 Å². The van der Waals surface area contributed by atoms with E-state index in [1.54, 1.807) is 32.4 Å². The van der Waals surface area contributed by atoms with Crippen molar-refractivity contribution >= 4 is 17.5 Å². The third-order valence-corrected chi connectivity index (χ3v) is 4.21. The van der Waals surface area contributed by atoms with E-state index in [4.69, 9.17) is 21.1 Å². The number of alkyl halides is 1. The maximum absolute atomic E-state index is 12.7. The Bertz CT molecular complexity index is 492. The zero-order valence-electron chi connectivity index (χ0n) is 12.6. The number of ether oxygens (including phenoxy) is 2. The second kappa shape index (κ2) is 7.55. The Morgan fingerprint density at radius 3 is 2.76 bits per heavy atom. The average molecular weight is 312 g/mol. The van der Waals surface area contributed by atoms with Crippen molar-refractivity contribution in [3.63, 3.8) is 0 Å². The molecule has 1 heterocycles. The topological polar surface area (TPSA) is 38.8 Å². The van der Waals surface area contributed by atoms with Gasteiger partial charge in [0.2, 0.25) is 0 Å². The lowest BCUT2D eigenvalue weighted by Gasteiger charge is -2.25. The number of rotatable bonds is 6. The van der Waals surface area contributed by atoms with Gasteiger partial charge >= 0.3 is 0 Å². The number of likely N-dealkylation sites (tertiary alicyclic amines) is 1. The van der Waals surface area contributed by atoms with Gasteiger partial charge in [0.1, 0.15) is 0 Å². The first-order valence-electron chi connectivity index (χ1n) is 7.30. The number of benzene rings is 1. The highest BCUT2D eigenvalue weighted by atomic mass is 35.5. The van der Waals surface area contributed by atoms with Gasteiger partial charge in [-0.1, -0.05) is 0 Å². The molecule has 1 aromatic carbocycles. The first-order chi connectivity index (χ1) is 10.2. The Morgan fingerprint density at radius 2 is 2.10 bits per heavy atom. The molecule has 0 aromatic heterocycles. The predicted molar refractivity (Wildman–Crippen MR) is 83.6 cm³/mol. The van der Waals surface area contributed by atoms with Crippen LogP contribution in [0.2, 0.25) is 0 Å². The quantitative estimate of drug-likeness (QED) is 0.756. The molecule has 1 aliphatic rings. The molecule has 21 heavy (non-hydrogen) atoms. The van der Waals surface area contributed by atoms with Crippen molar-refractivity contribution in [1.29, 1.82) is 0 Å². The fourth-order valence-corrected chi connectivity index (χ4v) is 3.01. The highest BCUT2D eigenvalue weighted by molar-refractivity contribution is 6.17. The number of carbonyl (C=O) groups excluding carboxylic acids is 1. The van der Waals surface area contributed by atoms with Crippen LogP contribution in [0, 0.1) is 0 Å². The van der Waals surface area contributed by atoms with E-state index in [1.165, 1.54) is 0 Å². The predicted octanol–water partition coefficient (Wildman–Crippen LogP) is 3.33. The van der Waals surface area contributed by atoms with Gasteiger partial charge in [0, 0.05) is 24.0 Å². The first kappa shape index (κ1) is 16.0. The molecule has 0 bridgehead atoms. The van der Waals surface area contributed by atoms with Crippen LogP contribution in [0.15, 0.2) is 18.2 Å². The maximum Gasteiger partial charge on any atom is 0.254 e. The van der Waals surface area contributed by atoms with E-state index in [-0.39, 0.29) is 5.91 Å². The molecule has 1 saturated heterocycles. The molecule has 1 fully saturated rings. The smallest absolute Gasteiger partial charge is 0.254 e. The Labute approximate surface area is 131 Å². The number of nitrogens with zero attached hydrogens (tertiary/aromatic N) is 1. The highest BCUT2D eigenvalue weighted by Gasteiger charge is 2.29. The van der Waals surface area contributed by atoms with Gasteiger partial charge in [0.15, 0.2) is 11.5 Å². The van der Waals surface area contributed by atoms with Crippen molar-refractivity contribution in [3.8, 4) is 11.5 Å². The van der Waals surface area contributed by atoms with Crippen molar-refractivity contribution in [2.75, 3.05) is 26.6 Å². The van der Waals surface area contributed by atoms with Crippen molar-refractivity contribution in [2.45, 2.75) is 31.7 Å². The molecule has 1 amide bonds. The molecule has 116 valence electrons. The summed E-state index contributed by atoms with van der Waals surface area (Å²) in [5, 5.41) is 0. The van der Waals surface area contributed by atoms with Crippen LogP contribution in [0.3, 0.4) is 0 Å². The lowest BCUT2D eigenvalue weighted by Crippen LogP contribution is -2.35. The van der Waals surface area contributed by atoms with Crippen molar-refractivity contribution in [3.05, 3.63) is 23.8 Å². The highest BCUT2D eigenvalue weighted by Crippen LogP contribution is 2.30. The molecule has 0 spiro atoms. The number of carbonyl (C=O) groups is 1. The summed E-state index contributed by atoms with van der Waals surface area (Å²) in [6, 6.07) is 5.62. The van der Waals surface area contributed by atoms with Crippen LogP contribution in [-0.2, 0) is 0 Å². The average Bonchev–Trinajstić information content (AvgIpc) is 2.99. The summed E-state index contributed by atoms with van der Waals surface area (Å²) in [6.07, 6.45) is 4.05. The molecule has 1 aromatic rings. The second-order valence-corrected chi connectivity index (χ2v) is 5.57. The fourth-order valence-electron chi connectivity index (χ4n) is 2.85. The molecular formula is C16H22ClNO3. The summed E-state index contributed by atoms with van der Waals surface area (Å²) in [7, 11) is 3.16. The summed E-state index contributed by atoms with van der Waals surface area (Å²) < 4.78 is 10.5. The van der Waals surface area contributed by atoms with Crippen LogP contribution in [-0.4, -0.2) is 43.5 Å². The SMILES string of the molecule is COc1ccc(C(=O)N2CCCC2CCCCl)cc1OC. The third-order valence-electron chi connectivity index (χ3n) is 3.94. The molecule has 0 saturated carbocycles. The van der Waals surface area contributed by atoms with E-state index in [2.05, 4.69) is 0 Å². The molecule has 2 rings (SSSR count). The molecule has 0 N–H and O–H groups in total. The molecule has 0 aliphatic carbocycles. The van der Waals surface area contributed by atoms with E-state index in [0.717, 1.165) is 32.2 Å². The zero-order chi connectivity index (χ0) is 15.2. The van der Waals surface area contributed by atoms with Crippen LogP contribution in [0.5, 0.6) is 11.5 Å². The first-order valence-corrected chi connectivity index (χ1v) is 7.83. The number of halogens is 1. The standard InChI is InChI=1S/C16H22ClNO3/c1-20-14-8-7-12(11-15(14)21-2)16(19)18-10-4-6-13(18)5-3-9-17/h7-8,11,13H,3-6,9-10H2,1-2H3. The van der Waals surface area contributed by atoms with E-state index >= 15 is 0 Å². The van der Waals surface area contributed by atoms with Gasteiger partial charge in [-0.05, 0) is 43.9 Å². The third kappa shape index (κ3) is 3.62. The normalized spacial score (nSPS) is 17.9. The monoisotopic (exact) mass is 311 g/mol. The zero-order valence-corrected chi connectivity index (χ0v) is 13.4. The van der Waals surface area contributed by atoms with Gasteiger partial charge in [0.05, 0.1) is 14.2 Å². The fraction of sp³-hybridized carbons (Fsp3) is 0.562. The lowest BCUT2D eigenvalue weighted by atomic mass is 10.1. The number of amides is 1. The summed E-state index contributed by atoms with van der Waals surface area (Å²) in [6.45, 7) is 0.820.